The molecule has 88 valence electrons. The van der Waals surface area contributed by atoms with Crippen molar-refractivity contribution in [2.45, 2.75) is 46.1 Å². The van der Waals surface area contributed by atoms with Gasteiger partial charge in [-0.3, -0.25) is 4.79 Å². The molecule has 0 spiro atoms. The second-order valence-corrected chi connectivity index (χ2v) is 4.97. The van der Waals surface area contributed by atoms with E-state index in [4.69, 9.17) is 0 Å². The van der Waals surface area contributed by atoms with E-state index in [1.807, 2.05) is 0 Å². The number of hydrogen-bond donors (Lipinski definition) is 2. The van der Waals surface area contributed by atoms with E-state index in [0.717, 1.165) is 19.5 Å². The molecule has 3 heteroatoms. The Hall–Kier alpha value is -0.570. The predicted octanol–water partition coefficient (Wildman–Crippen LogP) is 1.54. The Balaban J connectivity index is 2.22. The van der Waals surface area contributed by atoms with E-state index in [1.165, 1.54) is 12.8 Å². The number of rotatable bonds is 4. The van der Waals surface area contributed by atoms with Crippen LogP contribution in [0.15, 0.2) is 0 Å². The van der Waals surface area contributed by atoms with Gasteiger partial charge in [-0.15, -0.1) is 0 Å². The standard InChI is InChI=1S/C12H24N2O/c1-9(2)10(3)8-14-12(15)11-6-4-5-7-13-11/h9-11,13H,4-8H2,1-3H3,(H,14,15). The lowest BCUT2D eigenvalue weighted by Gasteiger charge is -2.24. The molecule has 0 radical (unpaired) electrons. The highest BCUT2D eigenvalue weighted by atomic mass is 16.2. The summed E-state index contributed by atoms with van der Waals surface area (Å²) in [5.74, 6) is 1.37. The monoisotopic (exact) mass is 212 g/mol. The van der Waals surface area contributed by atoms with Gasteiger partial charge in [0.25, 0.3) is 0 Å². The molecule has 0 saturated carbocycles. The van der Waals surface area contributed by atoms with Crippen molar-refractivity contribution in [2.24, 2.45) is 11.8 Å². The van der Waals surface area contributed by atoms with Crippen LogP contribution in [0.4, 0.5) is 0 Å². The van der Waals surface area contributed by atoms with Crippen LogP contribution in [0.2, 0.25) is 0 Å². The highest BCUT2D eigenvalue weighted by Gasteiger charge is 2.20. The lowest BCUT2D eigenvalue weighted by Crippen LogP contribution is -2.47. The maximum Gasteiger partial charge on any atom is 0.237 e. The van der Waals surface area contributed by atoms with Crippen molar-refractivity contribution in [3.05, 3.63) is 0 Å². The van der Waals surface area contributed by atoms with Gasteiger partial charge in [-0.1, -0.05) is 27.2 Å². The third-order valence-electron chi connectivity index (χ3n) is 3.36. The van der Waals surface area contributed by atoms with Crippen LogP contribution in [0.1, 0.15) is 40.0 Å². The second-order valence-electron chi connectivity index (χ2n) is 4.97. The maximum absolute atomic E-state index is 11.8. The van der Waals surface area contributed by atoms with E-state index in [9.17, 15) is 4.79 Å². The molecule has 0 aromatic carbocycles. The van der Waals surface area contributed by atoms with E-state index < -0.39 is 0 Å². The first-order chi connectivity index (χ1) is 7.11. The lowest BCUT2D eigenvalue weighted by atomic mass is 9.98. The van der Waals surface area contributed by atoms with Gasteiger partial charge in [-0.25, -0.2) is 0 Å². The molecule has 0 aromatic heterocycles. The van der Waals surface area contributed by atoms with Crippen LogP contribution in [-0.2, 0) is 4.79 Å². The van der Waals surface area contributed by atoms with E-state index in [0.29, 0.717) is 11.8 Å². The average molecular weight is 212 g/mol. The van der Waals surface area contributed by atoms with Crippen molar-refractivity contribution in [3.63, 3.8) is 0 Å². The van der Waals surface area contributed by atoms with Crippen molar-refractivity contribution in [1.29, 1.82) is 0 Å². The molecule has 2 unspecified atom stereocenters. The molecule has 0 aliphatic carbocycles. The zero-order valence-electron chi connectivity index (χ0n) is 10.2. The van der Waals surface area contributed by atoms with Crippen LogP contribution in [0.25, 0.3) is 0 Å². The largest absolute Gasteiger partial charge is 0.354 e. The third-order valence-corrected chi connectivity index (χ3v) is 3.36. The number of amides is 1. The van der Waals surface area contributed by atoms with Gasteiger partial charge in [0, 0.05) is 6.54 Å². The molecule has 1 fully saturated rings. The highest BCUT2D eigenvalue weighted by molar-refractivity contribution is 5.81. The Bertz CT molecular complexity index is 198. The van der Waals surface area contributed by atoms with Gasteiger partial charge in [0.1, 0.15) is 0 Å². The molecular formula is C12H24N2O. The third kappa shape index (κ3) is 4.20. The van der Waals surface area contributed by atoms with Crippen LogP contribution < -0.4 is 10.6 Å². The van der Waals surface area contributed by atoms with Gasteiger partial charge in [0.2, 0.25) is 5.91 Å². The molecule has 1 amide bonds. The summed E-state index contributed by atoms with van der Waals surface area (Å²) in [6.45, 7) is 8.34. The number of nitrogens with one attached hydrogen (secondary N) is 2. The molecule has 1 aliphatic heterocycles. The summed E-state index contributed by atoms with van der Waals surface area (Å²) < 4.78 is 0. The molecule has 1 heterocycles. The van der Waals surface area contributed by atoms with Crippen LogP contribution in [0, 0.1) is 11.8 Å². The number of piperidine rings is 1. The summed E-state index contributed by atoms with van der Waals surface area (Å²) in [6, 6.07) is 0.0538. The maximum atomic E-state index is 11.8. The fraction of sp³-hybridized carbons (Fsp3) is 0.917. The Labute approximate surface area is 93.0 Å². The molecule has 2 N–H and O–H groups in total. The van der Waals surface area contributed by atoms with Gasteiger partial charge in [0.05, 0.1) is 6.04 Å². The Morgan fingerprint density at radius 2 is 2.13 bits per heavy atom. The van der Waals surface area contributed by atoms with Gasteiger partial charge >= 0.3 is 0 Å². The smallest absolute Gasteiger partial charge is 0.237 e. The summed E-state index contributed by atoms with van der Waals surface area (Å²) in [7, 11) is 0. The van der Waals surface area contributed by atoms with Gasteiger partial charge in [-0.05, 0) is 31.2 Å². The van der Waals surface area contributed by atoms with Crippen LogP contribution >= 0.6 is 0 Å². The van der Waals surface area contributed by atoms with Crippen LogP contribution in [0.5, 0.6) is 0 Å². The first-order valence-corrected chi connectivity index (χ1v) is 6.12. The van der Waals surface area contributed by atoms with Crippen molar-refractivity contribution < 1.29 is 4.79 Å². The minimum Gasteiger partial charge on any atom is -0.354 e. The zero-order chi connectivity index (χ0) is 11.3. The fourth-order valence-corrected chi connectivity index (χ4v) is 1.70. The highest BCUT2D eigenvalue weighted by Crippen LogP contribution is 2.09. The molecule has 0 bridgehead atoms. The van der Waals surface area contributed by atoms with Crippen LogP contribution in [-0.4, -0.2) is 25.0 Å². The Morgan fingerprint density at radius 1 is 1.40 bits per heavy atom. The molecule has 1 rings (SSSR count). The number of carbonyl (C=O) groups excluding carboxylic acids is 1. The Morgan fingerprint density at radius 3 is 2.67 bits per heavy atom. The van der Waals surface area contributed by atoms with Gasteiger partial charge < -0.3 is 10.6 Å². The predicted molar refractivity (Wildman–Crippen MR) is 62.7 cm³/mol. The van der Waals surface area contributed by atoms with E-state index in [2.05, 4.69) is 31.4 Å². The molecule has 2 atom stereocenters. The van der Waals surface area contributed by atoms with Gasteiger partial charge in [-0.2, -0.15) is 0 Å². The number of carbonyl (C=O) groups is 1. The van der Waals surface area contributed by atoms with Crippen molar-refractivity contribution in [2.75, 3.05) is 13.1 Å². The van der Waals surface area contributed by atoms with Crippen LogP contribution in [0.3, 0.4) is 0 Å². The summed E-state index contributed by atoms with van der Waals surface area (Å²) in [5, 5.41) is 6.29. The molecule has 1 saturated heterocycles. The fourth-order valence-electron chi connectivity index (χ4n) is 1.70. The first kappa shape index (κ1) is 12.5. The zero-order valence-corrected chi connectivity index (χ0v) is 10.2. The topological polar surface area (TPSA) is 41.1 Å². The average Bonchev–Trinajstić information content (AvgIpc) is 2.26. The minimum atomic E-state index is 0.0538. The van der Waals surface area contributed by atoms with E-state index >= 15 is 0 Å². The molecule has 1 aliphatic rings. The number of hydrogen-bond acceptors (Lipinski definition) is 2. The lowest BCUT2D eigenvalue weighted by molar-refractivity contribution is -0.123. The summed E-state index contributed by atoms with van der Waals surface area (Å²) in [4.78, 5) is 11.8. The van der Waals surface area contributed by atoms with Crippen molar-refractivity contribution in [3.8, 4) is 0 Å². The van der Waals surface area contributed by atoms with Gasteiger partial charge in [0.15, 0.2) is 0 Å². The molecular weight excluding hydrogens is 188 g/mol. The second kappa shape index (κ2) is 6.11. The summed E-state index contributed by atoms with van der Waals surface area (Å²) in [6.07, 6.45) is 3.36. The Kier molecular flexibility index (Phi) is 5.09. The SMILES string of the molecule is CC(C)C(C)CNC(=O)C1CCCCN1. The summed E-state index contributed by atoms with van der Waals surface area (Å²) >= 11 is 0. The van der Waals surface area contributed by atoms with E-state index in [-0.39, 0.29) is 11.9 Å². The molecule has 3 nitrogen and oxygen atoms in total. The summed E-state index contributed by atoms with van der Waals surface area (Å²) in [5.41, 5.74) is 0. The quantitative estimate of drug-likeness (QED) is 0.742. The van der Waals surface area contributed by atoms with Crippen molar-refractivity contribution in [1.82, 2.24) is 10.6 Å². The minimum absolute atomic E-state index is 0.0538. The van der Waals surface area contributed by atoms with Crippen molar-refractivity contribution >= 4 is 5.91 Å². The molecule has 0 aromatic rings. The van der Waals surface area contributed by atoms with E-state index in [1.54, 1.807) is 0 Å². The molecule has 15 heavy (non-hydrogen) atoms. The normalized spacial score (nSPS) is 23.9. The first-order valence-electron chi connectivity index (χ1n) is 6.12.